The molecule has 0 saturated heterocycles. The zero-order valence-electron chi connectivity index (χ0n) is 13.6. The van der Waals surface area contributed by atoms with Crippen LogP contribution >= 0.6 is 11.6 Å². The van der Waals surface area contributed by atoms with Gasteiger partial charge in [0.05, 0.1) is 23.7 Å². The number of carbonyl (C=O) groups is 1. The van der Waals surface area contributed by atoms with Crippen LogP contribution in [0.4, 0.5) is 0 Å². The van der Waals surface area contributed by atoms with Crippen molar-refractivity contribution in [3.63, 3.8) is 0 Å². The third-order valence-corrected chi connectivity index (χ3v) is 4.67. The van der Waals surface area contributed by atoms with Crippen molar-refractivity contribution in [2.24, 2.45) is 5.92 Å². The Bertz CT molecular complexity index is 470. The maximum atomic E-state index is 12.1. The first-order valence-electron chi connectivity index (χ1n) is 8.22. The minimum atomic E-state index is -0.115. The standard InChI is InChI=1S/C16H27ClN4O/c1-13(11-21-12-14(17)10-19-21)16(22)18-8-9-20(2)15-6-4-3-5-7-15/h10,12-13,15H,3-9,11H2,1-2H3,(H,18,22)/t13-/m0/s1. The van der Waals surface area contributed by atoms with Gasteiger partial charge >= 0.3 is 0 Å². The summed E-state index contributed by atoms with van der Waals surface area (Å²) in [5.41, 5.74) is 0. The van der Waals surface area contributed by atoms with Crippen LogP contribution in [0.15, 0.2) is 12.4 Å². The molecule has 22 heavy (non-hydrogen) atoms. The van der Waals surface area contributed by atoms with Crippen LogP contribution in [0.3, 0.4) is 0 Å². The van der Waals surface area contributed by atoms with Gasteiger partial charge in [-0.15, -0.1) is 0 Å². The van der Waals surface area contributed by atoms with Crippen molar-refractivity contribution in [1.29, 1.82) is 0 Å². The molecule has 0 spiro atoms. The molecule has 5 nitrogen and oxygen atoms in total. The Morgan fingerprint density at radius 1 is 1.50 bits per heavy atom. The van der Waals surface area contributed by atoms with Gasteiger partial charge < -0.3 is 10.2 Å². The van der Waals surface area contributed by atoms with E-state index < -0.39 is 0 Å². The molecular weight excluding hydrogens is 300 g/mol. The number of hydrogen-bond donors (Lipinski definition) is 1. The van der Waals surface area contributed by atoms with E-state index in [1.807, 2.05) is 6.92 Å². The summed E-state index contributed by atoms with van der Waals surface area (Å²) >= 11 is 5.83. The van der Waals surface area contributed by atoms with Crippen molar-refractivity contribution >= 4 is 17.5 Å². The molecule has 1 fully saturated rings. The van der Waals surface area contributed by atoms with Crippen LogP contribution in [0, 0.1) is 5.92 Å². The van der Waals surface area contributed by atoms with Gasteiger partial charge in [0.1, 0.15) is 0 Å². The number of nitrogens with zero attached hydrogens (tertiary/aromatic N) is 3. The minimum absolute atomic E-state index is 0.0728. The van der Waals surface area contributed by atoms with E-state index in [1.54, 1.807) is 17.1 Å². The largest absolute Gasteiger partial charge is 0.355 e. The van der Waals surface area contributed by atoms with Crippen molar-refractivity contribution in [3.8, 4) is 0 Å². The van der Waals surface area contributed by atoms with Gasteiger partial charge in [-0.3, -0.25) is 9.48 Å². The van der Waals surface area contributed by atoms with Crippen molar-refractivity contribution in [1.82, 2.24) is 20.0 Å². The predicted molar refractivity (Wildman–Crippen MR) is 88.9 cm³/mol. The van der Waals surface area contributed by atoms with E-state index in [4.69, 9.17) is 11.6 Å². The van der Waals surface area contributed by atoms with Gasteiger partial charge in [-0.05, 0) is 19.9 Å². The lowest BCUT2D eigenvalue weighted by molar-refractivity contribution is -0.125. The monoisotopic (exact) mass is 326 g/mol. The number of aromatic nitrogens is 2. The highest BCUT2D eigenvalue weighted by Crippen LogP contribution is 2.21. The first kappa shape index (κ1) is 17.3. The Morgan fingerprint density at radius 3 is 2.86 bits per heavy atom. The zero-order valence-corrected chi connectivity index (χ0v) is 14.4. The first-order chi connectivity index (χ1) is 10.6. The predicted octanol–water partition coefficient (Wildman–Crippen LogP) is 2.55. The fourth-order valence-corrected chi connectivity index (χ4v) is 3.19. The number of hydrogen-bond acceptors (Lipinski definition) is 3. The SMILES string of the molecule is C[C@@H](Cn1cc(Cl)cn1)C(=O)NCCN(C)C1CCCCC1. The Morgan fingerprint density at radius 2 is 2.23 bits per heavy atom. The summed E-state index contributed by atoms with van der Waals surface area (Å²) in [4.78, 5) is 14.5. The highest BCUT2D eigenvalue weighted by atomic mass is 35.5. The van der Waals surface area contributed by atoms with E-state index in [0.717, 1.165) is 6.54 Å². The van der Waals surface area contributed by atoms with Gasteiger partial charge in [-0.1, -0.05) is 37.8 Å². The van der Waals surface area contributed by atoms with E-state index in [9.17, 15) is 4.79 Å². The van der Waals surface area contributed by atoms with Crippen LogP contribution in [-0.4, -0.2) is 46.8 Å². The summed E-state index contributed by atoms with van der Waals surface area (Å²) in [6.45, 7) is 4.08. The molecule has 0 radical (unpaired) electrons. The molecular formula is C16H27ClN4O. The summed E-state index contributed by atoms with van der Waals surface area (Å²) in [6, 6.07) is 0.689. The topological polar surface area (TPSA) is 50.2 Å². The fraction of sp³-hybridized carbons (Fsp3) is 0.750. The first-order valence-corrected chi connectivity index (χ1v) is 8.60. The highest BCUT2D eigenvalue weighted by molar-refractivity contribution is 6.30. The summed E-state index contributed by atoms with van der Waals surface area (Å²) in [7, 11) is 2.16. The molecule has 1 aromatic rings. The lowest BCUT2D eigenvalue weighted by atomic mass is 9.94. The van der Waals surface area contributed by atoms with Gasteiger partial charge in [0.25, 0.3) is 0 Å². The molecule has 2 rings (SSSR count). The fourth-order valence-electron chi connectivity index (χ4n) is 3.04. The normalized spacial score (nSPS) is 17.6. The Hall–Kier alpha value is -1.07. The van der Waals surface area contributed by atoms with Gasteiger partial charge in [-0.25, -0.2) is 0 Å². The van der Waals surface area contributed by atoms with Crippen LogP contribution in [0.5, 0.6) is 0 Å². The van der Waals surface area contributed by atoms with E-state index in [-0.39, 0.29) is 11.8 Å². The van der Waals surface area contributed by atoms with Crippen LogP contribution in [0.2, 0.25) is 5.02 Å². The Kier molecular flexibility index (Phi) is 6.70. The molecule has 0 bridgehead atoms. The second kappa shape index (κ2) is 8.53. The molecule has 1 amide bonds. The minimum Gasteiger partial charge on any atom is -0.355 e. The highest BCUT2D eigenvalue weighted by Gasteiger charge is 2.18. The number of carbonyl (C=O) groups excluding carboxylic acids is 1. The molecule has 1 aromatic heterocycles. The van der Waals surface area contributed by atoms with Gasteiger partial charge in [0.15, 0.2) is 0 Å². The number of rotatable bonds is 7. The van der Waals surface area contributed by atoms with Gasteiger partial charge in [0.2, 0.25) is 5.91 Å². The summed E-state index contributed by atoms with van der Waals surface area (Å²) in [6.07, 6.45) is 9.96. The van der Waals surface area contributed by atoms with E-state index in [1.165, 1.54) is 32.1 Å². The average Bonchev–Trinajstić information content (AvgIpc) is 2.93. The quantitative estimate of drug-likeness (QED) is 0.837. The zero-order chi connectivity index (χ0) is 15.9. The lowest BCUT2D eigenvalue weighted by Crippen LogP contribution is -2.41. The summed E-state index contributed by atoms with van der Waals surface area (Å²) in [5.74, 6) is -0.0420. The molecule has 0 aromatic carbocycles. The molecule has 1 atom stereocenters. The molecule has 1 saturated carbocycles. The molecule has 0 unspecified atom stereocenters. The van der Waals surface area contributed by atoms with Crippen molar-refractivity contribution in [2.45, 2.75) is 51.6 Å². The maximum absolute atomic E-state index is 12.1. The van der Waals surface area contributed by atoms with E-state index in [2.05, 4.69) is 22.4 Å². The van der Waals surface area contributed by atoms with Crippen LogP contribution in [-0.2, 0) is 11.3 Å². The van der Waals surface area contributed by atoms with E-state index in [0.29, 0.717) is 24.2 Å². The molecule has 6 heteroatoms. The van der Waals surface area contributed by atoms with Crippen molar-refractivity contribution < 1.29 is 4.79 Å². The Balaban J connectivity index is 1.66. The molecule has 1 N–H and O–H groups in total. The molecule has 1 aliphatic rings. The number of halogens is 1. The maximum Gasteiger partial charge on any atom is 0.224 e. The lowest BCUT2D eigenvalue weighted by Gasteiger charge is -2.31. The third kappa shape index (κ3) is 5.29. The van der Waals surface area contributed by atoms with Crippen molar-refractivity contribution in [3.05, 3.63) is 17.4 Å². The average molecular weight is 327 g/mol. The van der Waals surface area contributed by atoms with E-state index >= 15 is 0 Å². The van der Waals surface area contributed by atoms with Crippen LogP contribution < -0.4 is 5.32 Å². The Labute approximate surface area is 138 Å². The number of amides is 1. The van der Waals surface area contributed by atoms with Crippen molar-refractivity contribution in [2.75, 3.05) is 20.1 Å². The summed E-state index contributed by atoms with van der Waals surface area (Å²) < 4.78 is 1.71. The molecule has 124 valence electrons. The summed E-state index contributed by atoms with van der Waals surface area (Å²) in [5, 5.41) is 7.73. The van der Waals surface area contributed by atoms with Crippen LogP contribution in [0.25, 0.3) is 0 Å². The van der Waals surface area contributed by atoms with Gasteiger partial charge in [0, 0.05) is 25.3 Å². The molecule has 1 heterocycles. The number of likely N-dealkylation sites (N-methyl/N-ethyl adjacent to an activating group) is 1. The second-order valence-electron chi connectivity index (χ2n) is 6.35. The second-order valence-corrected chi connectivity index (χ2v) is 6.78. The molecule has 0 aliphatic heterocycles. The number of nitrogens with one attached hydrogen (secondary N) is 1. The molecule has 1 aliphatic carbocycles. The third-order valence-electron chi connectivity index (χ3n) is 4.47. The smallest absolute Gasteiger partial charge is 0.224 e. The van der Waals surface area contributed by atoms with Crippen LogP contribution in [0.1, 0.15) is 39.0 Å². The van der Waals surface area contributed by atoms with Gasteiger partial charge in [-0.2, -0.15) is 5.10 Å².